The van der Waals surface area contributed by atoms with Gasteiger partial charge in [0.2, 0.25) is 0 Å². The fourth-order valence-corrected chi connectivity index (χ4v) is 2.45. The molecule has 0 aliphatic carbocycles. The maximum absolute atomic E-state index is 13.2. The third kappa shape index (κ3) is 3.32. The summed E-state index contributed by atoms with van der Waals surface area (Å²) in [4.78, 5) is 14.9. The van der Waals surface area contributed by atoms with Crippen molar-refractivity contribution in [2.24, 2.45) is 0 Å². The Morgan fingerprint density at radius 3 is 2.89 bits per heavy atom. The molecule has 2 N–H and O–H groups in total. The largest absolute Gasteiger partial charge is 0.398 e. The minimum atomic E-state index is -0.454. The number of nitrogens with two attached hydrogens (primary N) is 1. The molecule has 3 nitrogen and oxygen atoms in total. The molecule has 2 rings (SSSR count). The number of nitrogens with zero attached hydrogens (tertiary/aromatic N) is 1. The number of amides is 1. The van der Waals surface area contributed by atoms with Crippen molar-refractivity contribution in [2.45, 2.75) is 6.42 Å². The fourth-order valence-electron chi connectivity index (χ4n) is 1.75. The predicted octanol–water partition coefficient (Wildman–Crippen LogP) is 2.78. The zero-order valence-corrected chi connectivity index (χ0v) is 11.4. The van der Waals surface area contributed by atoms with Gasteiger partial charge in [0.1, 0.15) is 5.82 Å². The number of carbonyl (C=O) groups is 1. The van der Waals surface area contributed by atoms with Crippen molar-refractivity contribution in [2.75, 3.05) is 19.3 Å². The van der Waals surface area contributed by atoms with Crippen LogP contribution in [-0.4, -0.2) is 24.4 Å². The summed E-state index contributed by atoms with van der Waals surface area (Å²) in [5.41, 5.74) is 6.22. The Bertz CT molecular complexity index is 569. The van der Waals surface area contributed by atoms with Gasteiger partial charge in [-0.15, -0.1) is 11.3 Å². The van der Waals surface area contributed by atoms with E-state index in [2.05, 4.69) is 0 Å². The molecule has 1 aromatic carbocycles. The van der Waals surface area contributed by atoms with Crippen LogP contribution in [0, 0.1) is 5.82 Å². The topological polar surface area (TPSA) is 46.3 Å². The van der Waals surface area contributed by atoms with Crippen molar-refractivity contribution in [1.82, 2.24) is 4.90 Å². The van der Waals surface area contributed by atoms with Gasteiger partial charge in [-0.1, -0.05) is 6.07 Å². The summed E-state index contributed by atoms with van der Waals surface area (Å²) < 4.78 is 13.2. The molecule has 0 radical (unpaired) electrons. The van der Waals surface area contributed by atoms with Gasteiger partial charge in [-0.05, 0) is 36.1 Å². The highest BCUT2D eigenvalue weighted by molar-refractivity contribution is 7.09. The molecule has 0 atom stereocenters. The molecular weight excluding hydrogens is 263 g/mol. The van der Waals surface area contributed by atoms with Gasteiger partial charge >= 0.3 is 0 Å². The first-order valence-corrected chi connectivity index (χ1v) is 6.79. The number of anilines is 1. The smallest absolute Gasteiger partial charge is 0.255 e. The zero-order chi connectivity index (χ0) is 13.8. The van der Waals surface area contributed by atoms with Crippen LogP contribution in [0.4, 0.5) is 10.1 Å². The first-order valence-electron chi connectivity index (χ1n) is 5.91. The molecule has 1 heterocycles. The van der Waals surface area contributed by atoms with Crippen LogP contribution in [0.2, 0.25) is 0 Å². The molecule has 0 aliphatic rings. The van der Waals surface area contributed by atoms with E-state index in [1.54, 1.807) is 23.3 Å². The molecule has 1 amide bonds. The lowest BCUT2D eigenvalue weighted by molar-refractivity contribution is 0.0797. The minimum Gasteiger partial charge on any atom is -0.398 e. The second-order valence-corrected chi connectivity index (χ2v) is 5.32. The molecule has 0 fully saturated rings. The Morgan fingerprint density at radius 2 is 2.21 bits per heavy atom. The highest BCUT2D eigenvalue weighted by Gasteiger charge is 2.15. The van der Waals surface area contributed by atoms with Crippen LogP contribution in [0.15, 0.2) is 35.7 Å². The zero-order valence-electron chi connectivity index (χ0n) is 10.6. The van der Waals surface area contributed by atoms with Gasteiger partial charge in [0.05, 0.1) is 5.56 Å². The lowest BCUT2D eigenvalue weighted by atomic mass is 10.1. The molecule has 0 aliphatic heterocycles. The normalized spacial score (nSPS) is 10.4. The molecule has 0 bridgehead atoms. The summed E-state index contributed by atoms with van der Waals surface area (Å²) in [5.74, 6) is -0.710. The number of halogens is 1. The van der Waals surface area contributed by atoms with Crippen LogP contribution in [0.1, 0.15) is 15.2 Å². The highest BCUT2D eigenvalue weighted by Crippen LogP contribution is 2.16. The van der Waals surface area contributed by atoms with Crippen LogP contribution in [0.5, 0.6) is 0 Å². The van der Waals surface area contributed by atoms with Crippen molar-refractivity contribution in [3.05, 3.63) is 52.0 Å². The Hall–Kier alpha value is -1.88. The Balaban J connectivity index is 2.04. The van der Waals surface area contributed by atoms with E-state index in [-0.39, 0.29) is 11.5 Å². The summed E-state index contributed by atoms with van der Waals surface area (Å²) in [7, 11) is 1.69. The third-order valence-electron chi connectivity index (χ3n) is 2.87. The van der Waals surface area contributed by atoms with E-state index in [9.17, 15) is 9.18 Å². The molecule has 100 valence electrons. The quantitative estimate of drug-likeness (QED) is 0.874. The van der Waals surface area contributed by atoms with Crippen LogP contribution in [0.3, 0.4) is 0 Å². The second kappa shape index (κ2) is 5.84. The number of benzene rings is 1. The van der Waals surface area contributed by atoms with Gasteiger partial charge in [-0.2, -0.15) is 0 Å². The van der Waals surface area contributed by atoms with E-state index in [4.69, 9.17) is 5.73 Å². The van der Waals surface area contributed by atoms with E-state index in [1.807, 2.05) is 17.5 Å². The summed E-state index contributed by atoms with van der Waals surface area (Å²) in [6.45, 7) is 0.579. The monoisotopic (exact) mass is 278 g/mol. The first-order chi connectivity index (χ1) is 9.08. The van der Waals surface area contributed by atoms with Crippen LogP contribution in [0.25, 0.3) is 0 Å². The first kappa shape index (κ1) is 13.5. The average Bonchev–Trinajstić information content (AvgIpc) is 2.91. The van der Waals surface area contributed by atoms with Crippen molar-refractivity contribution < 1.29 is 9.18 Å². The average molecular weight is 278 g/mol. The predicted molar refractivity (Wildman–Crippen MR) is 75.8 cm³/mol. The van der Waals surface area contributed by atoms with Crippen molar-refractivity contribution >= 4 is 22.9 Å². The van der Waals surface area contributed by atoms with Gasteiger partial charge in [0.25, 0.3) is 5.91 Å². The number of thiophene rings is 1. The Kier molecular flexibility index (Phi) is 4.16. The maximum Gasteiger partial charge on any atom is 0.255 e. The minimum absolute atomic E-state index is 0.216. The lowest BCUT2D eigenvalue weighted by Gasteiger charge is -2.17. The van der Waals surface area contributed by atoms with E-state index < -0.39 is 5.82 Å². The molecule has 0 unspecified atom stereocenters. The summed E-state index contributed by atoms with van der Waals surface area (Å²) in [5, 5.41) is 2.00. The maximum atomic E-state index is 13.2. The van der Waals surface area contributed by atoms with Gasteiger partial charge in [0.15, 0.2) is 0 Å². The summed E-state index contributed by atoms with van der Waals surface area (Å²) >= 11 is 1.66. The van der Waals surface area contributed by atoms with Gasteiger partial charge in [0, 0.05) is 24.2 Å². The van der Waals surface area contributed by atoms with Gasteiger partial charge < -0.3 is 10.6 Å². The number of nitrogen functional groups attached to an aromatic ring is 1. The van der Waals surface area contributed by atoms with E-state index >= 15 is 0 Å². The number of hydrogen-bond donors (Lipinski definition) is 1. The summed E-state index contributed by atoms with van der Waals surface area (Å²) in [6.07, 6.45) is 0.787. The standard InChI is InChI=1S/C14H15FN2OS/c1-17(7-6-11-3-2-8-19-11)14(18)12-9-10(15)4-5-13(12)16/h2-5,8-9H,6-7,16H2,1H3. The summed E-state index contributed by atoms with van der Waals surface area (Å²) in [6, 6.07) is 7.85. The molecule has 2 aromatic rings. The second-order valence-electron chi connectivity index (χ2n) is 4.29. The van der Waals surface area contributed by atoms with E-state index in [0.717, 1.165) is 6.42 Å². The molecular formula is C14H15FN2OS. The number of rotatable bonds is 4. The van der Waals surface area contributed by atoms with Crippen LogP contribution >= 0.6 is 11.3 Å². The van der Waals surface area contributed by atoms with E-state index in [1.165, 1.54) is 23.1 Å². The molecule has 5 heteroatoms. The third-order valence-corrected chi connectivity index (χ3v) is 3.80. The lowest BCUT2D eigenvalue weighted by Crippen LogP contribution is -2.29. The van der Waals surface area contributed by atoms with Crippen LogP contribution < -0.4 is 5.73 Å². The van der Waals surface area contributed by atoms with Gasteiger partial charge in [-0.25, -0.2) is 4.39 Å². The Labute approximate surface area is 115 Å². The molecule has 19 heavy (non-hydrogen) atoms. The van der Waals surface area contributed by atoms with Crippen molar-refractivity contribution in [3.63, 3.8) is 0 Å². The van der Waals surface area contributed by atoms with Crippen molar-refractivity contribution in [3.8, 4) is 0 Å². The number of likely N-dealkylation sites (N-methyl/N-ethyl adjacent to an activating group) is 1. The SMILES string of the molecule is CN(CCc1cccs1)C(=O)c1cc(F)ccc1N. The fraction of sp³-hybridized carbons (Fsp3) is 0.214. The van der Waals surface area contributed by atoms with Crippen LogP contribution in [-0.2, 0) is 6.42 Å². The van der Waals surface area contributed by atoms with E-state index in [0.29, 0.717) is 12.2 Å². The Morgan fingerprint density at radius 1 is 1.42 bits per heavy atom. The van der Waals surface area contributed by atoms with Gasteiger partial charge in [-0.3, -0.25) is 4.79 Å². The highest BCUT2D eigenvalue weighted by atomic mass is 32.1. The van der Waals surface area contributed by atoms with Crippen molar-refractivity contribution in [1.29, 1.82) is 0 Å². The molecule has 0 spiro atoms. The number of carbonyl (C=O) groups excluding carboxylic acids is 1. The molecule has 0 saturated heterocycles. The molecule has 0 saturated carbocycles. The molecule has 1 aromatic heterocycles. The number of hydrogen-bond acceptors (Lipinski definition) is 3.